The van der Waals surface area contributed by atoms with Gasteiger partial charge < -0.3 is 9.47 Å². The number of carbonyl (C=O) groups excluding carboxylic acids is 1. The van der Waals surface area contributed by atoms with Gasteiger partial charge in [-0.05, 0) is 61.0 Å². The average Bonchev–Trinajstić information content (AvgIpc) is 3.17. The Hall–Kier alpha value is -2.78. The number of hydrogen-bond acceptors (Lipinski definition) is 6. The lowest BCUT2D eigenvalue weighted by atomic mass is 10.1. The summed E-state index contributed by atoms with van der Waals surface area (Å²) >= 11 is 1.05. The molecule has 36 heavy (non-hydrogen) atoms. The molecule has 1 heterocycles. The third-order valence-corrected chi connectivity index (χ3v) is 8.09. The molecule has 2 aromatic carbocycles. The molecular weight excluding hydrogens is 496 g/mol. The van der Waals surface area contributed by atoms with Gasteiger partial charge in [0.05, 0.1) is 23.5 Å². The second-order valence-electron chi connectivity index (χ2n) is 8.35. The summed E-state index contributed by atoms with van der Waals surface area (Å²) in [5.41, 5.74) is 0.748. The van der Waals surface area contributed by atoms with Gasteiger partial charge in [0.1, 0.15) is 0 Å². The molecule has 0 unspecified atom stereocenters. The summed E-state index contributed by atoms with van der Waals surface area (Å²) < 4.78 is 40.8. The van der Waals surface area contributed by atoms with Crippen LogP contribution in [0.2, 0.25) is 0 Å². The number of rotatable bonds is 13. The van der Waals surface area contributed by atoms with E-state index in [-0.39, 0.29) is 16.0 Å². The Balaban J connectivity index is 1.72. The van der Waals surface area contributed by atoms with E-state index in [2.05, 4.69) is 11.3 Å². The highest BCUT2D eigenvalue weighted by molar-refractivity contribution is 8.19. The fraction of sp³-hybridized carbons (Fsp3) is 0.407. The highest BCUT2D eigenvalue weighted by Gasteiger charge is 2.34. The van der Waals surface area contributed by atoms with Crippen molar-refractivity contribution >= 4 is 38.9 Å². The molecule has 0 aliphatic carbocycles. The van der Waals surface area contributed by atoms with Gasteiger partial charge in [-0.25, -0.2) is 0 Å². The number of benzene rings is 2. The molecule has 0 radical (unpaired) electrons. The summed E-state index contributed by atoms with van der Waals surface area (Å²) in [6, 6.07) is 13.5. The standard InChI is InChI=1S/C27H34N2O5S2/c1-4-6-7-8-9-13-18-34-23-17-16-21(19-24(23)33-3)20-25-26(30)29(5-2)27(35-25)28-36(31,32)22-14-11-10-12-15-22/h10-12,14-17,19-20H,4-9,13,18H2,1-3H3. The van der Waals surface area contributed by atoms with Gasteiger partial charge in [0.15, 0.2) is 16.7 Å². The lowest BCUT2D eigenvalue weighted by Crippen LogP contribution is -2.29. The number of hydrogen-bond donors (Lipinski definition) is 0. The van der Waals surface area contributed by atoms with Gasteiger partial charge in [0.25, 0.3) is 15.9 Å². The van der Waals surface area contributed by atoms with E-state index >= 15 is 0 Å². The minimum Gasteiger partial charge on any atom is -0.493 e. The molecule has 0 atom stereocenters. The van der Waals surface area contributed by atoms with Gasteiger partial charge in [-0.1, -0.05) is 63.3 Å². The minimum absolute atomic E-state index is 0.0836. The van der Waals surface area contributed by atoms with Crippen molar-refractivity contribution in [2.75, 3.05) is 20.3 Å². The van der Waals surface area contributed by atoms with Crippen LogP contribution in [0.3, 0.4) is 0 Å². The summed E-state index contributed by atoms with van der Waals surface area (Å²) in [6.45, 7) is 4.92. The largest absolute Gasteiger partial charge is 0.493 e. The summed E-state index contributed by atoms with van der Waals surface area (Å²) in [4.78, 5) is 14.8. The zero-order valence-electron chi connectivity index (χ0n) is 21.1. The monoisotopic (exact) mass is 530 g/mol. The molecule has 3 rings (SSSR count). The van der Waals surface area contributed by atoms with Gasteiger partial charge in [-0.3, -0.25) is 9.69 Å². The van der Waals surface area contributed by atoms with E-state index in [0.717, 1.165) is 30.2 Å². The van der Waals surface area contributed by atoms with Crippen molar-refractivity contribution in [2.45, 2.75) is 57.3 Å². The van der Waals surface area contributed by atoms with Crippen molar-refractivity contribution in [3.63, 3.8) is 0 Å². The van der Waals surface area contributed by atoms with Crippen LogP contribution in [0.25, 0.3) is 6.08 Å². The molecule has 0 bridgehead atoms. The average molecular weight is 531 g/mol. The smallest absolute Gasteiger partial charge is 0.284 e. The topological polar surface area (TPSA) is 85.3 Å². The van der Waals surface area contributed by atoms with Crippen molar-refractivity contribution in [1.82, 2.24) is 4.90 Å². The molecule has 1 saturated heterocycles. The molecule has 1 aliphatic heterocycles. The molecule has 0 aromatic heterocycles. The Morgan fingerprint density at radius 1 is 0.972 bits per heavy atom. The predicted octanol–water partition coefficient (Wildman–Crippen LogP) is 6.12. The SMILES string of the molecule is CCCCCCCCOc1ccc(C=C2SC(=NS(=O)(=O)c3ccccc3)N(CC)C2=O)cc1OC. The highest BCUT2D eigenvalue weighted by atomic mass is 32.2. The van der Waals surface area contributed by atoms with Crippen molar-refractivity contribution in [3.8, 4) is 11.5 Å². The maximum Gasteiger partial charge on any atom is 0.284 e. The van der Waals surface area contributed by atoms with E-state index in [4.69, 9.17) is 9.47 Å². The normalized spacial score (nSPS) is 16.2. The fourth-order valence-electron chi connectivity index (χ4n) is 3.71. The van der Waals surface area contributed by atoms with E-state index < -0.39 is 10.0 Å². The van der Waals surface area contributed by atoms with E-state index in [1.54, 1.807) is 38.3 Å². The van der Waals surface area contributed by atoms with E-state index in [9.17, 15) is 13.2 Å². The van der Waals surface area contributed by atoms with E-state index in [0.29, 0.717) is 29.6 Å². The number of amidine groups is 1. The molecule has 194 valence electrons. The molecule has 2 aromatic rings. The number of likely N-dealkylation sites (N-methyl/N-ethyl adjacent to an activating group) is 1. The van der Waals surface area contributed by atoms with Crippen molar-refractivity contribution in [1.29, 1.82) is 0 Å². The molecular formula is C27H34N2O5S2. The quantitative estimate of drug-likeness (QED) is 0.229. The summed E-state index contributed by atoms with van der Waals surface area (Å²) in [7, 11) is -2.35. The van der Waals surface area contributed by atoms with Crippen molar-refractivity contribution < 1.29 is 22.7 Å². The van der Waals surface area contributed by atoms with Crippen LogP contribution < -0.4 is 9.47 Å². The van der Waals surface area contributed by atoms with Crippen LogP contribution in [0, 0.1) is 0 Å². The maximum atomic E-state index is 13.0. The number of ether oxygens (including phenoxy) is 2. The van der Waals surface area contributed by atoms with Gasteiger partial charge in [-0.2, -0.15) is 8.42 Å². The Morgan fingerprint density at radius 2 is 1.69 bits per heavy atom. The number of unbranched alkanes of at least 4 members (excludes halogenated alkanes) is 5. The van der Waals surface area contributed by atoms with Gasteiger partial charge >= 0.3 is 0 Å². The lowest BCUT2D eigenvalue weighted by Gasteiger charge is -2.12. The van der Waals surface area contributed by atoms with Crippen LogP contribution in [-0.2, 0) is 14.8 Å². The maximum absolute atomic E-state index is 13.0. The number of carbonyl (C=O) groups is 1. The van der Waals surface area contributed by atoms with Crippen LogP contribution in [0.5, 0.6) is 11.5 Å². The molecule has 1 amide bonds. The number of amides is 1. The first-order chi connectivity index (χ1) is 17.4. The number of nitrogens with zero attached hydrogens (tertiary/aromatic N) is 2. The predicted molar refractivity (Wildman–Crippen MR) is 146 cm³/mol. The first-order valence-corrected chi connectivity index (χ1v) is 14.6. The Morgan fingerprint density at radius 3 is 2.39 bits per heavy atom. The molecule has 0 N–H and O–H groups in total. The second kappa shape index (κ2) is 13.5. The summed E-state index contributed by atoms with van der Waals surface area (Å²) in [5, 5.41) is 0.142. The number of thioether (sulfide) groups is 1. The summed E-state index contributed by atoms with van der Waals surface area (Å²) in [6.07, 6.45) is 8.84. The number of sulfonamides is 1. The van der Waals surface area contributed by atoms with Gasteiger partial charge in [0, 0.05) is 6.54 Å². The Kier molecular flexibility index (Phi) is 10.4. The molecule has 1 aliphatic rings. The summed E-state index contributed by atoms with van der Waals surface area (Å²) in [5.74, 6) is 0.954. The van der Waals surface area contributed by atoms with E-state index in [1.165, 1.54) is 42.7 Å². The van der Waals surface area contributed by atoms with Crippen LogP contribution in [0.1, 0.15) is 57.9 Å². The van der Waals surface area contributed by atoms with Crippen LogP contribution >= 0.6 is 11.8 Å². The Bertz CT molecular complexity index is 1190. The third-order valence-electron chi connectivity index (χ3n) is 5.68. The third kappa shape index (κ3) is 7.36. The highest BCUT2D eigenvalue weighted by Crippen LogP contribution is 2.35. The zero-order valence-corrected chi connectivity index (χ0v) is 22.7. The first kappa shape index (κ1) is 27.8. The molecule has 9 heteroatoms. The van der Waals surface area contributed by atoms with Crippen LogP contribution in [-0.4, -0.2) is 44.7 Å². The molecule has 0 spiro atoms. The Labute approximate surface area is 218 Å². The first-order valence-electron chi connectivity index (χ1n) is 12.3. The fourth-order valence-corrected chi connectivity index (χ4v) is 5.98. The second-order valence-corrected chi connectivity index (χ2v) is 11.0. The van der Waals surface area contributed by atoms with Gasteiger partial charge in [-0.15, -0.1) is 4.40 Å². The van der Waals surface area contributed by atoms with Crippen molar-refractivity contribution in [2.24, 2.45) is 4.40 Å². The minimum atomic E-state index is -3.93. The lowest BCUT2D eigenvalue weighted by molar-refractivity contribution is -0.122. The van der Waals surface area contributed by atoms with Crippen molar-refractivity contribution in [3.05, 3.63) is 59.0 Å². The van der Waals surface area contributed by atoms with Crippen LogP contribution in [0.15, 0.2) is 62.7 Å². The van der Waals surface area contributed by atoms with Crippen LogP contribution in [0.4, 0.5) is 0 Å². The van der Waals surface area contributed by atoms with E-state index in [1.807, 2.05) is 18.2 Å². The number of methoxy groups -OCH3 is 1. The molecule has 0 saturated carbocycles. The van der Waals surface area contributed by atoms with Gasteiger partial charge in [0.2, 0.25) is 0 Å². The molecule has 7 nitrogen and oxygen atoms in total. The zero-order chi connectivity index (χ0) is 26.0. The molecule has 1 fully saturated rings.